The first-order valence-corrected chi connectivity index (χ1v) is 19.7. The predicted octanol–water partition coefficient (Wildman–Crippen LogP) is -0.199. The van der Waals surface area contributed by atoms with Crippen LogP contribution < -0.4 is 45.9 Å². The molecule has 6 atom stereocenters. The quantitative estimate of drug-likeness (QED) is 0.0767. The van der Waals surface area contributed by atoms with Crippen molar-refractivity contribution in [3.63, 3.8) is 0 Å². The molecule has 0 aliphatic heterocycles. The third kappa shape index (κ3) is 34.8. The number of carboxylic acid groups (broad SMARTS) is 6. The van der Waals surface area contributed by atoms with Crippen LogP contribution in [0.5, 0.6) is 0 Å². The molecule has 2 rings (SSSR count). The van der Waals surface area contributed by atoms with Crippen LogP contribution in [0.1, 0.15) is 71.3 Å². The number of thioether (sulfide) groups is 1. The summed E-state index contributed by atoms with van der Waals surface area (Å²) in [4.78, 5) is 63.6. The van der Waals surface area contributed by atoms with Crippen molar-refractivity contribution in [3.05, 3.63) is 36.0 Å². The Kier molecular flexibility index (Phi) is 38.4. The molecule has 0 bridgehead atoms. The highest BCUT2D eigenvalue weighted by Gasteiger charge is 2.15. The first-order valence-electron chi connectivity index (χ1n) is 18.3. The van der Waals surface area contributed by atoms with Crippen molar-refractivity contribution in [1.82, 2.24) is 4.98 Å². The number of hydrogen-bond donors (Lipinski definition) is 15. The summed E-state index contributed by atoms with van der Waals surface area (Å²) in [5, 5.41) is 50.8. The number of para-hydroxylation sites is 1. The first-order chi connectivity index (χ1) is 26.9. The van der Waals surface area contributed by atoms with Gasteiger partial charge in [0.05, 0.1) is 0 Å². The summed E-state index contributed by atoms with van der Waals surface area (Å²) in [6.45, 7) is 6.18. The van der Waals surface area contributed by atoms with E-state index in [-0.39, 0.29) is 5.92 Å². The first kappa shape index (κ1) is 60.3. The van der Waals surface area contributed by atoms with Crippen molar-refractivity contribution in [2.75, 3.05) is 25.1 Å². The zero-order valence-electron chi connectivity index (χ0n) is 33.9. The third-order valence-corrected chi connectivity index (χ3v) is 7.99. The van der Waals surface area contributed by atoms with Crippen LogP contribution in [0.25, 0.3) is 10.9 Å². The maximum atomic E-state index is 10.6. The molecule has 0 aliphatic rings. The summed E-state index contributed by atoms with van der Waals surface area (Å²) in [5.41, 5.74) is 43.5. The number of nitrogens with two attached hydrogens (primary N) is 8. The van der Waals surface area contributed by atoms with Gasteiger partial charge >= 0.3 is 35.8 Å². The molecule has 0 fully saturated rings. The molecule has 1 aromatic heterocycles. The Balaban J connectivity index is -0.000000310. The summed E-state index contributed by atoms with van der Waals surface area (Å²) in [6.07, 6.45) is 8.97. The van der Waals surface area contributed by atoms with E-state index in [9.17, 15) is 28.8 Å². The lowest BCUT2D eigenvalue weighted by Gasteiger charge is -2.07. The second kappa shape index (κ2) is 36.9. The second-order valence-electron chi connectivity index (χ2n) is 12.9. The topological polar surface area (TPSA) is 448 Å². The molecule has 0 amide bonds. The number of H-pyrrole nitrogens is 1. The van der Waals surface area contributed by atoms with Crippen LogP contribution in [0.2, 0.25) is 0 Å². The molecule has 21 nitrogen and oxygen atoms in total. The second-order valence-corrected chi connectivity index (χ2v) is 13.9. The maximum absolute atomic E-state index is 10.6. The fraction of sp³-hybridized carbons (Fsp3) is 0.611. The van der Waals surface area contributed by atoms with E-state index < -0.39 is 72.1 Å². The summed E-state index contributed by atoms with van der Waals surface area (Å²) in [5.74, 6) is -4.81. The molecule has 0 spiro atoms. The Morgan fingerprint density at radius 1 is 0.603 bits per heavy atom. The molecular weight excluding hydrogens is 783 g/mol. The number of fused-ring (bicyclic) bond motifs is 1. The molecule has 0 saturated heterocycles. The van der Waals surface area contributed by atoms with E-state index in [0.717, 1.165) is 47.9 Å². The highest BCUT2D eigenvalue weighted by molar-refractivity contribution is 7.98. The molecule has 0 unspecified atom stereocenters. The fourth-order valence-corrected chi connectivity index (χ4v) is 4.03. The zero-order chi connectivity index (χ0) is 46.0. The summed E-state index contributed by atoms with van der Waals surface area (Å²) < 4.78 is 0. The van der Waals surface area contributed by atoms with E-state index >= 15 is 0 Å². The van der Waals surface area contributed by atoms with Gasteiger partial charge in [0.1, 0.15) is 36.3 Å². The smallest absolute Gasteiger partial charge is 0.320 e. The van der Waals surface area contributed by atoms with E-state index in [2.05, 4.69) is 4.98 Å². The Labute approximate surface area is 343 Å². The maximum Gasteiger partial charge on any atom is 0.320 e. The van der Waals surface area contributed by atoms with E-state index in [1.165, 1.54) is 6.92 Å². The average molecular weight is 852 g/mol. The van der Waals surface area contributed by atoms with Gasteiger partial charge in [-0.25, -0.2) is 0 Å². The van der Waals surface area contributed by atoms with Crippen LogP contribution in [-0.4, -0.2) is 133 Å². The van der Waals surface area contributed by atoms with Crippen LogP contribution in [0.4, 0.5) is 0 Å². The van der Waals surface area contributed by atoms with Crippen molar-refractivity contribution < 1.29 is 59.4 Å². The Bertz CT molecular complexity index is 1410. The van der Waals surface area contributed by atoms with Gasteiger partial charge in [0.15, 0.2) is 0 Å². The lowest BCUT2D eigenvalue weighted by Crippen LogP contribution is -2.34. The van der Waals surface area contributed by atoms with Crippen LogP contribution in [0.15, 0.2) is 30.5 Å². The Hall–Kier alpha value is -4.39. The lowest BCUT2D eigenvalue weighted by atomic mass is 10.1. The molecule has 1 heterocycles. The number of benzene rings is 1. The number of hydrogen-bond acceptors (Lipinski definition) is 15. The van der Waals surface area contributed by atoms with Gasteiger partial charge in [-0.2, -0.15) is 11.8 Å². The van der Waals surface area contributed by atoms with Gasteiger partial charge in [-0.15, -0.1) is 0 Å². The van der Waals surface area contributed by atoms with Crippen LogP contribution in [-0.2, 0) is 35.2 Å². The van der Waals surface area contributed by atoms with Gasteiger partial charge in [0, 0.05) is 23.5 Å². The SMILES string of the molecule is CC(C)[C@H](N)C(=O)O.CSCC[C@H](N)C(=O)O.C[C@H](N)C(=O)O.NCCCC[C@H](N)C(=O)O.NCCCC[C@H](N)C(=O)O.N[C@@H](Cc1c[nH]c2ccccc12)C(=O)O. The summed E-state index contributed by atoms with van der Waals surface area (Å²) in [6, 6.07) is 3.35. The van der Waals surface area contributed by atoms with Gasteiger partial charge in [0.25, 0.3) is 0 Å². The highest BCUT2D eigenvalue weighted by atomic mass is 32.2. The average Bonchev–Trinajstić information content (AvgIpc) is 3.56. The third-order valence-electron chi connectivity index (χ3n) is 7.35. The van der Waals surface area contributed by atoms with E-state index in [1.54, 1.807) is 25.6 Å². The number of carboxylic acids is 6. The summed E-state index contributed by atoms with van der Waals surface area (Å²) >= 11 is 1.60. The van der Waals surface area contributed by atoms with Crippen LogP contribution >= 0.6 is 11.8 Å². The minimum Gasteiger partial charge on any atom is -0.480 e. The molecule has 23 N–H and O–H groups in total. The molecular formula is C36H69N9O12S. The van der Waals surface area contributed by atoms with Crippen molar-refractivity contribution in [2.45, 2.75) is 108 Å². The number of carbonyl (C=O) groups is 6. The highest BCUT2D eigenvalue weighted by Crippen LogP contribution is 2.18. The van der Waals surface area contributed by atoms with E-state index in [1.807, 2.05) is 36.7 Å². The van der Waals surface area contributed by atoms with E-state index in [0.29, 0.717) is 38.8 Å². The van der Waals surface area contributed by atoms with Gasteiger partial charge < -0.3 is 81.5 Å². The molecule has 22 heteroatoms. The number of aromatic nitrogens is 1. The predicted molar refractivity (Wildman–Crippen MR) is 225 cm³/mol. The van der Waals surface area contributed by atoms with Crippen molar-refractivity contribution in [1.29, 1.82) is 0 Å². The molecule has 2 aromatic rings. The molecule has 0 aliphatic carbocycles. The number of nitrogens with one attached hydrogen (secondary N) is 1. The molecule has 0 saturated carbocycles. The van der Waals surface area contributed by atoms with Gasteiger partial charge in [-0.3, -0.25) is 28.8 Å². The number of aromatic amines is 1. The van der Waals surface area contributed by atoms with Gasteiger partial charge in [-0.05, 0) is 81.7 Å². The normalized spacial score (nSPS) is 13.2. The molecule has 336 valence electrons. The number of rotatable bonds is 20. The fourth-order valence-electron chi connectivity index (χ4n) is 3.54. The number of aliphatic carboxylic acids is 6. The minimum atomic E-state index is -0.972. The van der Waals surface area contributed by atoms with Gasteiger partial charge in [-0.1, -0.05) is 44.9 Å². The number of unbranched alkanes of at least 4 members (excludes halogenated alkanes) is 2. The zero-order valence-corrected chi connectivity index (χ0v) is 34.7. The Morgan fingerprint density at radius 2 is 1.00 bits per heavy atom. The van der Waals surface area contributed by atoms with Crippen molar-refractivity contribution in [2.24, 2.45) is 51.8 Å². The molecule has 0 radical (unpaired) electrons. The lowest BCUT2D eigenvalue weighted by molar-refractivity contribution is -0.140. The molecule has 1 aromatic carbocycles. The minimum absolute atomic E-state index is 0.0208. The van der Waals surface area contributed by atoms with Crippen LogP contribution in [0.3, 0.4) is 0 Å². The summed E-state index contributed by atoms with van der Waals surface area (Å²) in [7, 11) is 0. The van der Waals surface area contributed by atoms with Crippen molar-refractivity contribution in [3.8, 4) is 0 Å². The Morgan fingerprint density at radius 3 is 1.31 bits per heavy atom. The largest absolute Gasteiger partial charge is 0.480 e. The van der Waals surface area contributed by atoms with Crippen LogP contribution in [0, 0.1) is 5.92 Å². The standard InChI is InChI=1S/C11H12N2O2.2C6H14N2O2.C5H11NO2S.C5H11NO2.C3H7NO2/c12-9(11(14)15)5-7-6-13-10-4-2-1-3-8(7)10;2*7-4-2-1-3-5(8)6(9)10;1-9-3-2-4(6)5(7)8;1-3(2)4(6)5(7)8;1-2(4)3(5)6/h1-4,6,9,13H,5,12H2,(H,14,15);2*5H,1-4,7-8H2,(H,9,10);4H,2-3,6H2,1H3,(H,7,8);3-4H,6H2,1-2H3,(H,7,8);2H,4H2,1H3,(H,5,6)/t9-;2*5-;2*4-;2-/m000000/s1. The van der Waals surface area contributed by atoms with Gasteiger partial charge in [0.2, 0.25) is 0 Å². The monoisotopic (exact) mass is 851 g/mol. The van der Waals surface area contributed by atoms with E-state index in [4.69, 9.17) is 76.5 Å². The van der Waals surface area contributed by atoms with Crippen molar-refractivity contribution >= 4 is 58.5 Å². The molecule has 58 heavy (non-hydrogen) atoms.